The van der Waals surface area contributed by atoms with E-state index in [0.29, 0.717) is 22.6 Å². The molecule has 0 bridgehead atoms. The molecule has 144 valence electrons. The molecule has 0 fully saturated rings. The van der Waals surface area contributed by atoms with Gasteiger partial charge in [0.25, 0.3) is 0 Å². The standard InChI is InChI=1S/C21H21FN4O2/c1-25(2)13-24-20-18(15-9-11-23-12-10-15)17(14-5-7-16(22)8-6-14)19(26(20)3)21(27)28-4/h5-13H,1-4H3/b24-13+. The molecule has 0 aliphatic rings. The summed E-state index contributed by atoms with van der Waals surface area (Å²) in [6.07, 6.45) is 5.01. The van der Waals surface area contributed by atoms with E-state index in [1.54, 1.807) is 47.4 Å². The van der Waals surface area contributed by atoms with Crippen molar-refractivity contribution < 1.29 is 13.9 Å². The van der Waals surface area contributed by atoms with Crippen molar-refractivity contribution in [2.24, 2.45) is 12.0 Å². The molecule has 0 atom stereocenters. The summed E-state index contributed by atoms with van der Waals surface area (Å²) >= 11 is 0. The topological polar surface area (TPSA) is 59.7 Å². The van der Waals surface area contributed by atoms with Gasteiger partial charge in [0.15, 0.2) is 0 Å². The molecule has 0 saturated carbocycles. The molecule has 3 rings (SSSR count). The predicted octanol–water partition coefficient (Wildman–Crippen LogP) is 3.90. The van der Waals surface area contributed by atoms with Gasteiger partial charge in [0.2, 0.25) is 0 Å². The maximum absolute atomic E-state index is 13.5. The van der Waals surface area contributed by atoms with Gasteiger partial charge < -0.3 is 14.2 Å². The molecule has 1 aromatic carbocycles. The highest BCUT2D eigenvalue weighted by atomic mass is 19.1. The molecule has 7 heteroatoms. The Bertz CT molecular complexity index is 1010. The molecule has 6 nitrogen and oxygen atoms in total. The average molecular weight is 380 g/mol. The number of rotatable bonds is 5. The first-order chi connectivity index (χ1) is 13.4. The van der Waals surface area contributed by atoms with Gasteiger partial charge in [-0.25, -0.2) is 14.2 Å². The zero-order chi connectivity index (χ0) is 20.3. The lowest BCUT2D eigenvalue weighted by molar-refractivity contribution is 0.0591. The number of pyridine rings is 1. The number of carbonyl (C=O) groups is 1. The van der Waals surface area contributed by atoms with Gasteiger partial charge in [0.05, 0.1) is 13.4 Å². The average Bonchev–Trinajstić information content (AvgIpc) is 2.99. The van der Waals surface area contributed by atoms with E-state index in [2.05, 4.69) is 9.98 Å². The molecule has 0 saturated heterocycles. The quantitative estimate of drug-likeness (QED) is 0.383. The van der Waals surface area contributed by atoms with Crippen molar-refractivity contribution >= 4 is 18.1 Å². The van der Waals surface area contributed by atoms with Crippen molar-refractivity contribution in [2.75, 3.05) is 21.2 Å². The zero-order valence-corrected chi connectivity index (χ0v) is 16.2. The summed E-state index contributed by atoms with van der Waals surface area (Å²) in [5.74, 6) is -0.265. The minimum absolute atomic E-state index is 0.340. The minimum Gasteiger partial charge on any atom is -0.464 e. The van der Waals surface area contributed by atoms with Crippen LogP contribution in [0.25, 0.3) is 22.3 Å². The maximum atomic E-state index is 13.5. The van der Waals surface area contributed by atoms with Crippen LogP contribution in [0.2, 0.25) is 0 Å². The summed E-state index contributed by atoms with van der Waals surface area (Å²) in [5, 5.41) is 0. The van der Waals surface area contributed by atoms with Gasteiger partial charge in [0, 0.05) is 44.7 Å². The predicted molar refractivity (Wildman–Crippen MR) is 107 cm³/mol. The summed E-state index contributed by atoms with van der Waals surface area (Å²) < 4.78 is 20.2. The van der Waals surface area contributed by atoms with Gasteiger partial charge in [-0.3, -0.25) is 4.98 Å². The molecule has 0 radical (unpaired) electrons. The first-order valence-electron chi connectivity index (χ1n) is 8.62. The van der Waals surface area contributed by atoms with Crippen LogP contribution in [0.1, 0.15) is 10.5 Å². The number of nitrogens with zero attached hydrogens (tertiary/aromatic N) is 4. The molecule has 28 heavy (non-hydrogen) atoms. The molecule has 0 N–H and O–H groups in total. The lowest BCUT2D eigenvalue weighted by atomic mass is 9.96. The van der Waals surface area contributed by atoms with Gasteiger partial charge in [-0.15, -0.1) is 0 Å². The van der Waals surface area contributed by atoms with Crippen LogP contribution in [0, 0.1) is 5.82 Å². The summed E-state index contributed by atoms with van der Waals surface area (Å²) in [5.41, 5.74) is 3.25. The fraction of sp³-hybridized carbons (Fsp3) is 0.190. The highest BCUT2D eigenvalue weighted by Crippen LogP contribution is 2.44. The molecule has 0 amide bonds. The number of esters is 1. The lowest BCUT2D eigenvalue weighted by Crippen LogP contribution is -2.10. The largest absolute Gasteiger partial charge is 0.464 e. The number of hydrogen-bond acceptors (Lipinski definition) is 4. The van der Waals surface area contributed by atoms with Crippen molar-refractivity contribution in [1.82, 2.24) is 14.5 Å². The molecule has 0 spiro atoms. The van der Waals surface area contributed by atoms with Crippen molar-refractivity contribution in [2.45, 2.75) is 0 Å². The Kier molecular flexibility index (Phi) is 5.54. The third-order valence-corrected chi connectivity index (χ3v) is 4.26. The lowest BCUT2D eigenvalue weighted by Gasteiger charge is -2.08. The van der Waals surface area contributed by atoms with E-state index in [-0.39, 0.29) is 5.82 Å². The van der Waals surface area contributed by atoms with Crippen molar-refractivity contribution in [1.29, 1.82) is 0 Å². The number of ether oxygens (including phenoxy) is 1. The number of carbonyl (C=O) groups excluding carboxylic acids is 1. The second-order valence-electron chi connectivity index (χ2n) is 6.42. The first-order valence-corrected chi connectivity index (χ1v) is 8.62. The van der Waals surface area contributed by atoms with Gasteiger partial charge in [-0.2, -0.15) is 0 Å². The monoisotopic (exact) mass is 380 g/mol. The first kappa shape index (κ1) is 19.3. The highest BCUT2D eigenvalue weighted by Gasteiger charge is 2.28. The second-order valence-corrected chi connectivity index (χ2v) is 6.42. The summed E-state index contributed by atoms with van der Waals surface area (Å²) in [4.78, 5) is 23.1. The van der Waals surface area contributed by atoms with Crippen LogP contribution in [0.5, 0.6) is 0 Å². The zero-order valence-electron chi connectivity index (χ0n) is 16.2. The van der Waals surface area contributed by atoms with Crippen LogP contribution >= 0.6 is 0 Å². The maximum Gasteiger partial charge on any atom is 0.355 e. The van der Waals surface area contributed by atoms with Crippen LogP contribution in [0.3, 0.4) is 0 Å². The SMILES string of the molecule is COC(=O)c1c(-c2ccc(F)cc2)c(-c2ccncc2)c(/N=C/N(C)C)n1C. The Labute approximate surface area is 162 Å². The molecule has 0 aliphatic heterocycles. The van der Waals surface area contributed by atoms with Crippen molar-refractivity contribution in [3.63, 3.8) is 0 Å². The molecule has 3 aromatic rings. The number of aliphatic imine (C=N–C) groups is 1. The Morgan fingerprint density at radius 3 is 2.29 bits per heavy atom. The Morgan fingerprint density at radius 2 is 1.71 bits per heavy atom. The normalized spacial score (nSPS) is 11.0. The number of aromatic nitrogens is 2. The van der Waals surface area contributed by atoms with Crippen molar-refractivity contribution in [3.05, 3.63) is 60.3 Å². The van der Waals surface area contributed by atoms with Gasteiger partial charge in [0.1, 0.15) is 17.3 Å². The van der Waals surface area contributed by atoms with Crippen LogP contribution < -0.4 is 0 Å². The van der Waals surface area contributed by atoms with E-state index < -0.39 is 5.97 Å². The third kappa shape index (κ3) is 3.64. The fourth-order valence-electron chi connectivity index (χ4n) is 3.02. The molecular formula is C21H21FN4O2. The number of benzene rings is 1. The second kappa shape index (κ2) is 8.04. The molecule has 2 aromatic heterocycles. The van der Waals surface area contributed by atoms with E-state index >= 15 is 0 Å². The number of hydrogen-bond donors (Lipinski definition) is 0. The van der Waals surface area contributed by atoms with Crippen LogP contribution in [0.15, 0.2) is 53.8 Å². The Balaban J connectivity index is 2.41. The van der Waals surface area contributed by atoms with Gasteiger partial charge in [-0.05, 0) is 35.4 Å². The van der Waals surface area contributed by atoms with E-state index in [0.717, 1.165) is 11.1 Å². The van der Waals surface area contributed by atoms with Gasteiger partial charge in [-0.1, -0.05) is 12.1 Å². The minimum atomic E-state index is -0.497. The van der Waals surface area contributed by atoms with E-state index in [1.165, 1.54) is 19.2 Å². The van der Waals surface area contributed by atoms with E-state index in [9.17, 15) is 9.18 Å². The van der Waals surface area contributed by atoms with E-state index in [1.807, 2.05) is 26.2 Å². The molecular weight excluding hydrogens is 359 g/mol. The van der Waals surface area contributed by atoms with Gasteiger partial charge >= 0.3 is 5.97 Å². The number of halogens is 1. The van der Waals surface area contributed by atoms with Crippen molar-refractivity contribution in [3.8, 4) is 22.3 Å². The smallest absolute Gasteiger partial charge is 0.355 e. The van der Waals surface area contributed by atoms with Crippen LogP contribution in [0.4, 0.5) is 10.2 Å². The fourth-order valence-corrected chi connectivity index (χ4v) is 3.02. The Morgan fingerprint density at radius 1 is 1.11 bits per heavy atom. The Hall–Kier alpha value is -3.48. The molecule has 0 aliphatic carbocycles. The molecule has 0 unspecified atom stereocenters. The molecule has 2 heterocycles. The summed E-state index contributed by atoms with van der Waals surface area (Å²) in [7, 11) is 6.81. The van der Waals surface area contributed by atoms with Crippen LogP contribution in [-0.2, 0) is 11.8 Å². The van der Waals surface area contributed by atoms with Crippen LogP contribution in [-0.4, -0.2) is 48.0 Å². The number of methoxy groups -OCH3 is 1. The third-order valence-electron chi connectivity index (χ3n) is 4.26. The summed E-state index contributed by atoms with van der Waals surface area (Å²) in [6.45, 7) is 0. The van der Waals surface area contributed by atoms with E-state index in [4.69, 9.17) is 4.74 Å². The highest BCUT2D eigenvalue weighted by molar-refractivity contribution is 6.05. The summed E-state index contributed by atoms with van der Waals surface area (Å²) in [6, 6.07) is 9.70.